The van der Waals surface area contributed by atoms with E-state index in [1.807, 2.05) is 12.1 Å². The molecule has 0 radical (unpaired) electrons. The highest BCUT2D eigenvalue weighted by Crippen LogP contribution is 2.19. The molecule has 1 aliphatic rings. The molecule has 5 heteroatoms. The highest BCUT2D eigenvalue weighted by Gasteiger charge is 2.04. The zero-order valence-corrected chi connectivity index (χ0v) is 10.3. The summed E-state index contributed by atoms with van der Waals surface area (Å²) in [5, 5.41) is 15.5. The van der Waals surface area contributed by atoms with Crippen molar-refractivity contribution < 1.29 is 0 Å². The van der Waals surface area contributed by atoms with Crippen LogP contribution in [0, 0.1) is 0 Å². The number of nitrogens with one attached hydrogen (secondary N) is 1. The van der Waals surface area contributed by atoms with Crippen LogP contribution >= 0.6 is 0 Å². The maximum absolute atomic E-state index is 4.38. The van der Waals surface area contributed by atoms with Crippen molar-refractivity contribution >= 4 is 11.5 Å². The van der Waals surface area contributed by atoms with Crippen LogP contribution in [0.3, 0.4) is 0 Å². The standard InChI is InChI=1S/C13H17N5/c1-2-4-11(5-3-1)8-9-14-12-6-7-13-16-15-10-18(13)17-12/h4,6-7,10H,1-3,5,8-9H2,(H,14,17). The number of aromatic nitrogens is 4. The van der Waals surface area contributed by atoms with Gasteiger partial charge in [0.05, 0.1) is 0 Å². The summed E-state index contributed by atoms with van der Waals surface area (Å²) in [6, 6.07) is 3.86. The molecule has 0 aromatic carbocycles. The summed E-state index contributed by atoms with van der Waals surface area (Å²) in [7, 11) is 0. The van der Waals surface area contributed by atoms with E-state index in [2.05, 4.69) is 26.7 Å². The highest BCUT2D eigenvalue weighted by molar-refractivity contribution is 5.42. The smallest absolute Gasteiger partial charge is 0.177 e. The van der Waals surface area contributed by atoms with E-state index >= 15 is 0 Å². The second kappa shape index (κ2) is 5.16. The van der Waals surface area contributed by atoms with Gasteiger partial charge in [0, 0.05) is 6.54 Å². The number of fused-ring (bicyclic) bond motifs is 1. The average molecular weight is 243 g/mol. The van der Waals surface area contributed by atoms with Crippen molar-refractivity contribution in [3.8, 4) is 0 Å². The van der Waals surface area contributed by atoms with Crippen LogP contribution < -0.4 is 5.32 Å². The molecule has 2 aromatic rings. The Hall–Kier alpha value is -1.91. The van der Waals surface area contributed by atoms with Crippen LogP contribution in [-0.4, -0.2) is 26.4 Å². The van der Waals surface area contributed by atoms with E-state index in [0.29, 0.717) is 0 Å². The van der Waals surface area contributed by atoms with Crippen molar-refractivity contribution in [2.24, 2.45) is 0 Å². The van der Waals surface area contributed by atoms with Gasteiger partial charge in [-0.2, -0.15) is 4.52 Å². The monoisotopic (exact) mass is 243 g/mol. The SMILES string of the molecule is C1=C(CCNc2ccc3nncn3n2)CCCC1. The number of rotatable bonds is 4. The Kier molecular flexibility index (Phi) is 3.21. The Morgan fingerprint density at radius 2 is 2.28 bits per heavy atom. The maximum Gasteiger partial charge on any atom is 0.177 e. The molecule has 0 atom stereocenters. The van der Waals surface area contributed by atoms with Gasteiger partial charge in [0.25, 0.3) is 0 Å². The molecule has 1 N–H and O–H groups in total. The zero-order valence-electron chi connectivity index (χ0n) is 10.3. The van der Waals surface area contributed by atoms with Crippen molar-refractivity contribution in [1.29, 1.82) is 0 Å². The lowest BCUT2D eigenvalue weighted by molar-refractivity contribution is 0.679. The summed E-state index contributed by atoms with van der Waals surface area (Å²) in [5.41, 5.74) is 2.36. The number of nitrogens with zero attached hydrogens (tertiary/aromatic N) is 4. The summed E-state index contributed by atoms with van der Waals surface area (Å²) in [6.45, 7) is 0.937. The van der Waals surface area contributed by atoms with Gasteiger partial charge in [-0.25, -0.2) is 0 Å². The molecule has 94 valence electrons. The van der Waals surface area contributed by atoms with Crippen LogP contribution in [0.25, 0.3) is 5.65 Å². The molecule has 0 spiro atoms. The third kappa shape index (κ3) is 2.50. The van der Waals surface area contributed by atoms with Crippen molar-refractivity contribution in [3.63, 3.8) is 0 Å². The molecule has 0 fully saturated rings. The second-order valence-electron chi connectivity index (χ2n) is 4.64. The fourth-order valence-electron chi connectivity index (χ4n) is 2.31. The summed E-state index contributed by atoms with van der Waals surface area (Å²) < 4.78 is 1.68. The molecule has 0 amide bonds. The Labute approximate surface area is 106 Å². The number of hydrogen-bond acceptors (Lipinski definition) is 4. The molecule has 0 unspecified atom stereocenters. The molecule has 2 heterocycles. The van der Waals surface area contributed by atoms with Crippen LogP contribution in [0.5, 0.6) is 0 Å². The molecule has 0 saturated heterocycles. The van der Waals surface area contributed by atoms with Gasteiger partial charge in [-0.1, -0.05) is 11.6 Å². The summed E-state index contributed by atoms with van der Waals surface area (Å²) in [6.07, 6.45) is 10.3. The highest BCUT2D eigenvalue weighted by atomic mass is 15.4. The quantitative estimate of drug-likeness (QED) is 0.838. The lowest BCUT2D eigenvalue weighted by atomic mass is 9.97. The first-order chi connectivity index (χ1) is 8.92. The maximum atomic E-state index is 4.38. The van der Waals surface area contributed by atoms with Crippen molar-refractivity contribution in [1.82, 2.24) is 19.8 Å². The fourth-order valence-corrected chi connectivity index (χ4v) is 2.31. The van der Waals surface area contributed by atoms with E-state index in [0.717, 1.165) is 24.4 Å². The van der Waals surface area contributed by atoms with Gasteiger partial charge < -0.3 is 5.32 Å². The predicted molar refractivity (Wildman–Crippen MR) is 70.4 cm³/mol. The first kappa shape index (κ1) is 11.2. The zero-order chi connectivity index (χ0) is 12.2. The van der Waals surface area contributed by atoms with Crippen molar-refractivity contribution in [2.45, 2.75) is 32.1 Å². The first-order valence-electron chi connectivity index (χ1n) is 6.51. The molecule has 3 rings (SSSR count). The minimum Gasteiger partial charge on any atom is -0.368 e. The van der Waals surface area contributed by atoms with Crippen LogP contribution in [-0.2, 0) is 0 Å². The normalized spacial score (nSPS) is 15.7. The van der Waals surface area contributed by atoms with Gasteiger partial charge in [0.1, 0.15) is 12.1 Å². The lowest BCUT2D eigenvalue weighted by Gasteiger charge is -2.13. The predicted octanol–water partition coefficient (Wildman–Crippen LogP) is 2.43. The van der Waals surface area contributed by atoms with E-state index in [-0.39, 0.29) is 0 Å². The molecular formula is C13H17N5. The number of anilines is 1. The number of hydrogen-bond donors (Lipinski definition) is 1. The molecule has 18 heavy (non-hydrogen) atoms. The van der Waals surface area contributed by atoms with E-state index < -0.39 is 0 Å². The van der Waals surface area contributed by atoms with E-state index in [1.165, 1.54) is 25.7 Å². The minimum absolute atomic E-state index is 0.774. The molecule has 0 saturated carbocycles. The van der Waals surface area contributed by atoms with Gasteiger partial charge in [-0.3, -0.25) is 0 Å². The molecule has 2 aromatic heterocycles. The molecule has 1 aliphatic carbocycles. The topological polar surface area (TPSA) is 55.1 Å². The second-order valence-corrected chi connectivity index (χ2v) is 4.64. The fraction of sp³-hybridized carbons (Fsp3) is 0.462. The average Bonchev–Trinajstić information content (AvgIpc) is 2.87. The largest absolute Gasteiger partial charge is 0.368 e. The minimum atomic E-state index is 0.774. The van der Waals surface area contributed by atoms with Gasteiger partial charge in [-0.05, 0) is 44.2 Å². The Bertz CT molecular complexity index is 557. The Morgan fingerprint density at radius 1 is 1.28 bits per heavy atom. The molecule has 0 aliphatic heterocycles. The van der Waals surface area contributed by atoms with Crippen LogP contribution in [0.4, 0.5) is 5.82 Å². The van der Waals surface area contributed by atoms with Crippen molar-refractivity contribution in [2.75, 3.05) is 11.9 Å². The summed E-state index contributed by atoms with van der Waals surface area (Å²) in [5.74, 6) is 0.874. The van der Waals surface area contributed by atoms with Gasteiger partial charge in [0.15, 0.2) is 5.65 Å². The van der Waals surface area contributed by atoms with E-state index in [1.54, 1.807) is 16.4 Å². The molecular weight excluding hydrogens is 226 g/mol. The third-order valence-electron chi connectivity index (χ3n) is 3.30. The molecule has 5 nitrogen and oxygen atoms in total. The van der Waals surface area contributed by atoms with Crippen molar-refractivity contribution in [3.05, 3.63) is 30.1 Å². The van der Waals surface area contributed by atoms with Gasteiger partial charge >= 0.3 is 0 Å². The van der Waals surface area contributed by atoms with Gasteiger partial charge in [-0.15, -0.1) is 15.3 Å². The third-order valence-corrected chi connectivity index (χ3v) is 3.30. The molecule has 0 bridgehead atoms. The van der Waals surface area contributed by atoms with Crippen LogP contribution in [0.15, 0.2) is 30.1 Å². The summed E-state index contributed by atoms with van der Waals surface area (Å²) in [4.78, 5) is 0. The Morgan fingerprint density at radius 3 is 3.17 bits per heavy atom. The lowest BCUT2D eigenvalue weighted by Crippen LogP contribution is -2.07. The van der Waals surface area contributed by atoms with Crippen LogP contribution in [0.2, 0.25) is 0 Å². The summed E-state index contributed by atoms with van der Waals surface area (Å²) >= 11 is 0. The number of allylic oxidation sites excluding steroid dienone is 1. The van der Waals surface area contributed by atoms with Crippen LogP contribution in [0.1, 0.15) is 32.1 Å². The van der Waals surface area contributed by atoms with Gasteiger partial charge in [0.2, 0.25) is 0 Å². The Balaban J connectivity index is 1.57. The first-order valence-corrected chi connectivity index (χ1v) is 6.51. The van der Waals surface area contributed by atoms with E-state index in [4.69, 9.17) is 0 Å². The van der Waals surface area contributed by atoms with E-state index in [9.17, 15) is 0 Å².